The molecule has 0 aromatic carbocycles. The van der Waals surface area contributed by atoms with Crippen LogP contribution in [0.25, 0.3) is 0 Å². The molecule has 100 valence electrons. The van der Waals surface area contributed by atoms with E-state index >= 15 is 0 Å². The summed E-state index contributed by atoms with van der Waals surface area (Å²) in [6.45, 7) is 5.41. The van der Waals surface area contributed by atoms with Crippen LogP contribution in [0.15, 0.2) is 0 Å². The van der Waals surface area contributed by atoms with E-state index in [9.17, 15) is 9.59 Å². The lowest BCUT2D eigenvalue weighted by molar-refractivity contribution is -0.137. The van der Waals surface area contributed by atoms with Gasteiger partial charge in [0.1, 0.15) is 0 Å². The summed E-state index contributed by atoms with van der Waals surface area (Å²) >= 11 is 0. The highest BCUT2D eigenvalue weighted by atomic mass is 16.5. The number of hydrogen-bond donors (Lipinski definition) is 3. The van der Waals surface area contributed by atoms with Gasteiger partial charge in [-0.15, -0.1) is 0 Å². The second-order valence-corrected chi connectivity index (χ2v) is 4.70. The summed E-state index contributed by atoms with van der Waals surface area (Å²) in [5.74, 6) is -0.853. The van der Waals surface area contributed by atoms with Crippen molar-refractivity contribution in [3.05, 3.63) is 0 Å². The fourth-order valence-corrected chi connectivity index (χ4v) is 1.27. The maximum absolute atomic E-state index is 11.3. The van der Waals surface area contributed by atoms with E-state index in [1.807, 2.05) is 13.8 Å². The molecule has 0 aliphatic rings. The molecule has 0 atom stereocenters. The Labute approximate surface area is 102 Å². The topological polar surface area (TPSA) is 87.7 Å². The Balaban J connectivity index is 3.62. The van der Waals surface area contributed by atoms with Gasteiger partial charge < -0.3 is 20.5 Å². The van der Waals surface area contributed by atoms with Crippen molar-refractivity contribution in [3.63, 3.8) is 0 Å². The van der Waals surface area contributed by atoms with Crippen molar-refractivity contribution in [1.82, 2.24) is 10.6 Å². The highest BCUT2D eigenvalue weighted by molar-refractivity contribution is 5.73. The predicted octanol–water partition coefficient (Wildman–Crippen LogP) is 0.823. The molecule has 0 saturated carbocycles. The van der Waals surface area contributed by atoms with Gasteiger partial charge in [-0.05, 0) is 6.42 Å². The zero-order valence-corrected chi connectivity index (χ0v) is 10.7. The molecule has 3 N–H and O–H groups in total. The first-order valence-corrected chi connectivity index (χ1v) is 5.60. The Morgan fingerprint density at radius 1 is 1.29 bits per heavy atom. The van der Waals surface area contributed by atoms with Gasteiger partial charge in [0.15, 0.2) is 0 Å². The third kappa shape index (κ3) is 9.62. The Morgan fingerprint density at radius 2 is 1.94 bits per heavy atom. The standard InChI is InChI=1S/C11H22N2O4/c1-11(2,8-17-3)7-13-10(16)12-6-4-5-9(14)15/h4-8H2,1-3H3,(H,14,15)(H2,12,13,16). The SMILES string of the molecule is COCC(C)(C)CNC(=O)NCCCC(=O)O. The summed E-state index contributed by atoms with van der Waals surface area (Å²) in [4.78, 5) is 21.6. The Morgan fingerprint density at radius 3 is 2.47 bits per heavy atom. The second kappa shape index (κ2) is 7.89. The number of carbonyl (C=O) groups is 2. The van der Waals surface area contributed by atoms with Crippen LogP contribution < -0.4 is 10.6 Å². The van der Waals surface area contributed by atoms with E-state index in [1.54, 1.807) is 7.11 Å². The zero-order valence-electron chi connectivity index (χ0n) is 10.7. The van der Waals surface area contributed by atoms with Crippen molar-refractivity contribution in [3.8, 4) is 0 Å². The molecule has 0 fully saturated rings. The van der Waals surface area contributed by atoms with Crippen molar-refractivity contribution in [1.29, 1.82) is 0 Å². The molecule has 0 bridgehead atoms. The molecule has 0 aromatic heterocycles. The molecule has 2 amide bonds. The number of carboxylic acids is 1. The lowest BCUT2D eigenvalue weighted by Gasteiger charge is -2.23. The lowest BCUT2D eigenvalue weighted by Crippen LogP contribution is -2.42. The molecule has 0 radical (unpaired) electrons. The summed E-state index contributed by atoms with van der Waals surface area (Å²) in [7, 11) is 1.62. The van der Waals surface area contributed by atoms with Crippen LogP contribution in [0, 0.1) is 5.41 Å². The maximum atomic E-state index is 11.3. The summed E-state index contributed by atoms with van der Waals surface area (Å²) in [6.07, 6.45) is 0.500. The Hall–Kier alpha value is -1.30. The number of amides is 2. The van der Waals surface area contributed by atoms with Crippen LogP contribution in [0.5, 0.6) is 0 Å². The van der Waals surface area contributed by atoms with Crippen molar-refractivity contribution in [2.45, 2.75) is 26.7 Å². The van der Waals surface area contributed by atoms with Gasteiger partial charge in [-0.2, -0.15) is 0 Å². The number of ether oxygens (including phenoxy) is 1. The van der Waals surface area contributed by atoms with Crippen LogP contribution >= 0.6 is 0 Å². The molecular formula is C11H22N2O4. The number of carboxylic acid groups (broad SMARTS) is 1. The van der Waals surface area contributed by atoms with Crippen LogP contribution in [-0.4, -0.2) is 43.9 Å². The largest absolute Gasteiger partial charge is 0.481 e. The molecule has 0 rings (SSSR count). The summed E-state index contributed by atoms with van der Waals surface area (Å²) < 4.78 is 5.03. The van der Waals surface area contributed by atoms with Gasteiger partial charge in [0.05, 0.1) is 6.61 Å². The highest BCUT2D eigenvalue weighted by Gasteiger charge is 2.18. The smallest absolute Gasteiger partial charge is 0.314 e. The zero-order chi connectivity index (χ0) is 13.3. The minimum Gasteiger partial charge on any atom is -0.481 e. The fourth-order valence-electron chi connectivity index (χ4n) is 1.27. The van der Waals surface area contributed by atoms with Crippen LogP contribution in [0.2, 0.25) is 0 Å². The summed E-state index contributed by atoms with van der Waals surface area (Å²) in [5.41, 5.74) is -0.118. The van der Waals surface area contributed by atoms with Gasteiger partial charge >= 0.3 is 12.0 Å². The van der Waals surface area contributed by atoms with E-state index < -0.39 is 5.97 Å². The minimum atomic E-state index is -0.853. The molecular weight excluding hydrogens is 224 g/mol. The molecule has 0 aliphatic heterocycles. The molecule has 0 heterocycles. The van der Waals surface area contributed by atoms with Crippen molar-refractivity contribution >= 4 is 12.0 Å². The summed E-state index contributed by atoms with van der Waals surface area (Å²) in [5, 5.41) is 13.7. The lowest BCUT2D eigenvalue weighted by atomic mass is 9.95. The van der Waals surface area contributed by atoms with E-state index in [1.165, 1.54) is 0 Å². The molecule has 0 aromatic rings. The second-order valence-electron chi connectivity index (χ2n) is 4.70. The highest BCUT2D eigenvalue weighted by Crippen LogP contribution is 2.12. The normalized spacial score (nSPS) is 11.0. The quantitative estimate of drug-likeness (QED) is 0.553. The number of urea groups is 1. The molecule has 6 nitrogen and oxygen atoms in total. The van der Waals surface area contributed by atoms with Gasteiger partial charge in [-0.3, -0.25) is 4.79 Å². The number of carbonyl (C=O) groups excluding carboxylic acids is 1. The number of hydrogen-bond acceptors (Lipinski definition) is 3. The van der Waals surface area contributed by atoms with Gasteiger partial charge in [0, 0.05) is 32.0 Å². The molecule has 0 aliphatic carbocycles. The van der Waals surface area contributed by atoms with Crippen LogP contribution in [0.3, 0.4) is 0 Å². The average molecular weight is 246 g/mol. The van der Waals surface area contributed by atoms with E-state index in [-0.39, 0.29) is 17.9 Å². The van der Waals surface area contributed by atoms with Crippen molar-refractivity contribution < 1.29 is 19.4 Å². The monoisotopic (exact) mass is 246 g/mol. The number of aliphatic carboxylic acids is 1. The van der Waals surface area contributed by atoms with E-state index in [4.69, 9.17) is 9.84 Å². The van der Waals surface area contributed by atoms with E-state index in [0.717, 1.165) is 0 Å². The summed E-state index contributed by atoms with van der Waals surface area (Å²) in [6, 6.07) is -0.278. The van der Waals surface area contributed by atoms with Gasteiger partial charge in [0.2, 0.25) is 0 Å². The van der Waals surface area contributed by atoms with Gasteiger partial charge in [0.25, 0.3) is 0 Å². The maximum Gasteiger partial charge on any atom is 0.314 e. The molecule has 0 saturated heterocycles. The number of rotatable bonds is 8. The first-order chi connectivity index (χ1) is 7.87. The van der Waals surface area contributed by atoms with Gasteiger partial charge in [-0.1, -0.05) is 13.8 Å². The van der Waals surface area contributed by atoms with E-state index in [0.29, 0.717) is 26.1 Å². The first kappa shape index (κ1) is 15.7. The van der Waals surface area contributed by atoms with Crippen molar-refractivity contribution in [2.24, 2.45) is 5.41 Å². The third-order valence-electron chi connectivity index (χ3n) is 2.12. The molecule has 0 spiro atoms. The number of nitrogens with one attached hydrogen (secondary N) is 2. The van der Waals surface area contributed by atoms with E-state index in [2.05, 4.69) is 10.6 Å². The van der Waals surface area contributed by atoms with Crippen LogP contribution in [0.4, 0.5) is 4.79 Å². The fraction of sp³-hybridized carbons (Fsp3) is 0.818. The third-order valence-corrected chi connectivity index (χ3v) is 2.12. The molecule has 0 unspecified atom stereocenters. The van der Waals surface area contributed by atoms with Crippen LogP contribution in [0.1, 0.15) is 26.7 Å². The Kier molecular flexibility index (Phi) is 7.29. The Bertz CT molecular complexity index is 254. The molecule has 6 heteroatoms. The van der Waals surface area contributed by atoms with Gasteiger partial charge in [-0.25, -0.2) is 4.79 Å². The average Bonchev–Trinajstić information content (AvgIpc) is 2.21. The van der Waals surface area contributed by atoms with Crippen LogP contribution in [-0.2, 0) is 9.53 Å². The minimum absolute atomic E-state index is 0.0649. The number of methoxy groups -OCH3 is 1. The predicted molar refractivity (Wildman–Crippen MR) is 63.9 cm³/mol. The molecule has 17 heavy (non-hydrogen) atoms. The van der Waals surface area contributed by atoms with Crippen molar-refractivity contribution in [2.75, 3.05) is 26.8 Å². The first-order valence-electron chi connectivity index (χ1n) is 5.60.